The molecule has 0 bridgehead atoms. The number of allylic oxidation sites excluding steroid dienone is 1. The van der Waals surface area contributed by atoms with Crippen LogP contribution < -0.4 is 3.27 Å². The Morgan fingerprint density at radius 2 is 1.00 bits per heavy atom. The summed E-state index contributed by atoms with van der Waals surface area (Å²) < 4.78 is 5.13. The fraction of sp³-hybridized carbons (Fsp3) is 0.0909. The van der Waals surface area contributed by atoms with E-state index in [1.165, 1.54) is 71.6 Å². The molecule has 0 aliphatic heterocycles. The van der Waals surface area contributed by atoms with E-state index in [2.05, 4.69) is 176 Å². The molecule has 2 aliphatic carbocycles. The molecule has 0 aromatic heterocycles. The molecule has 0 nitrogen and oxygen atoms in total. The minimum Gasteiger partial charge on any atom is -0.147 e. The Morgan fingerprint density at radius 1 is 0.479 bits per heavy atom. The minimum absolute atomic E-state index is 0. The first kappa shape index (κ1) is 33.0. The van der Waals surface area contributed by atoms with Gasteiger partial charge in [-0.05, 0) is 0 Å². The van der Waals surface area contributed by atoms with Crippen molar-refractivity contribution < 1.29 is 17.4 Å². The number of fused-ring (bicyclic) bond motifs is 7. The van der Waals surface area contributed by atoms with E-state index in [0.717, 1.165) is 0 Å². The molecule has 4 heteroatoms. The molecule has 0 saturated heterocycles. The Bertz CT molecular complexity index is 2440. The molecule has 0 amide bonds. The maximum absolute atomic E-state index is 4.17. The van der Waals surface area contributed by atoms with Gasteiger partial charge in [-0.25, -0.2) is 0 Å². The van der Waals surface area contributed by atoms with E-state index < -0.39 is 17.4 Å². The number of hydrogen-bond acceptors (Lipinski definition) is 0. The van der Waals surface area contributed by atoms with Crippen molar-refractivity contribution >= 4 is 62.6 Å². The number of benzene rings is 7. The maximum Gasteiger partial charge on any atom is -0.147 e. The van der Waals surface area contributed by atoms with Crippen molar-refractivity contribution in [2.75, 3.05) is 0 Å². The van der Waals surface area contributed by atoms with Gasteiger partial charge in [0.2, 0.25) is 0 Å². The monoisotopic (exact) mass is 754 g/mol. The Balaban J connectivity index is 0.00000182. The van der Waals surface area contributed by atoms with E-state index in [4.69, 9.17) is 0 Å². The van der Waals surface area contributed by atoms with Crippen molar-refractivity contribution in [2.24, 2.45) is 0 Å². The first-order chi connectivity index (χ1) is 22.4. The molecule has 236 valence electrons. The summed E-state index contributed by atoms with van der Waals surface area (Å²) in [6.07, 6.45) is 2.56. The number of halogens is 2. The summed E-state index contributed by atoms with van der Waals surface area (Å²) in [5.41, 5.74) is 13.0. The molecular weight excluding hydrogens is 719 g/mol. The first-order valence-electron chi connectivity index (χ1n) is 16.5. The van der Waals surface area contributed by atoms with Gasteiger partial charge in [-0.3, -0.25) is 0 Å². The molecule has 0 N–H and O–H groups in total. The molecule has 2 aliphatic rings. The van der Waals surface area contributed by atoms with E-state index in [-0.39, 0.29) is 24.8 Å². The number of hydrogen-bond donors (Lipinski definition) is 0. The van der Waals surface area contributed by atoms with Crippen LogP contribution in [0.5, 0.6) is 0 Å². The van der Waals surface area contributed by atoms with Crippen LogP contribution in [-0.4, -0.2) is 6.88 Å². The van der Waals surface area contributed by atoms with Crippen LogP contribution >= 0.6 is 24.8 Å². The fourth-order valence-electron chi connectivity index (χ4n) is 9.57. The third-order valence-electron chi connectivity index (χ3n) is 11.4. The van der Waals surface area contributed by atoms with E-state index >= 15 is 0 Å². The van der Waals surface area contributed by atoms with E-state index in [9.17, 15) is 0 Å². The average Bonchev–Trinajstić information content (AvgIpc) is 3.64. The fourth-order valence-corrected chi connectivity index (χ4v) is 33.6. The van der Waals surface area contributed by atoms with E-state index in [1.807, 2.05) is 0 Å². The summed E-state index contributed by atoms with van der Waals surface area (Å²) in [6, 6.07) is 57.6. The van der Waals surface area contributed by atoms with Gasteiger partial charge < -0.3 is 0 Å². The Labute approximate surface area is 298 Å². The Kier molecular flexibility index (Phi) is 8.33. The van der Waals surface area contributed by atoms with Gasteiger partial charge >= 0.3 is 276 Å². The quantitative estimate of drug-likeness (QED) is 0.124. The van der Waals surface area contributed by atoms with Crippen LogP contribution in [0.25, 0.3) is 49.9 Å². The van der Waals surface area contributed by atoms with Gasteiger partial charge in [0.1, 0.15) is 0 Å². The molecule has 48 heavy (non-hydrogen) atoms. The van der Waals surface area contributed by atoms with Gasteiger partial charge in [-0.15, -0.1) is 24.8 Å². The number of rotatable bonds is 4. The van der Waals surface area contributed by atoms with Crippen molar-refractivity contribution in [1.82, 2.24) is 0 Å². The second-order valence-electron chi connectivity index (χ2n) is 14.0. The van der Waals surface area contributed by atoms with Crippen LogP contribution in [0.3, 0.4) is 0 Å². The summed E-state index contributed by atoms with van der Waals surface area (Å²) >= 11 is -4.17. The molecule has 0 saturated carbocycles. The summed E-state index contributed by atoms with van der Waals surface area (Å²) in [4.78, 5) is 0. The first-order valence-corrected chi connectivity index (χ1v) is 28.9. The van der Waals surface area contributed by atoms with Gasteiger partial charge in [0, 0.05) is 0 Å². The SMILES string of the molecule is CC1=Cc2c(-c3cc4ccccc4c4ccccc34)cccc2[CH]1[Zr]([CH3])(=[SiH2])([c]1ccccc1)[CH]1c2ccccc2-c2ccccc21.Cl.Cl. The second-order valence-corrected chi connectivity index (χ2v) is 40.3. The van der Waals surface area contributed by atoms with Crippen molar-refractivity contribution in [3.8, 4) is 22.3 Å². The van der Waals surface area contributed by atoms with Crippen molar-refractivity contribution in [2.45, 2.75) is 18.8 Å². The Morgan fingerprint density at radius 3 is 1.69 bits per heavy atom. The maximum atomic E-state index is 2.77. The summed E-state index contributed by atoms with van der Waals surface area (Å²) in [6.45, 7) is 4.86. The van der Waals surface area contributed by atoms with E-state index in [0.29, 0.717) is 7.25 Å². The van der Waals surface area contributed by atoms with Crippen LogP contribution in [0.2, 0.25) is 4.63 Å². The molecule has 0 heterocycles. The zero-order valence-electron chi connectivity index (χ0n) is 27.2. The Hall–Kier alpha value is -3.52. The molecule has 0 spiro atoms. The topological polar surface area (TPSA) is 0 Å². The van der Waals surface area contributed by atoms with Crippen LogP contribution in [0.15, 0.2) is 157 Å². The van der Waals surface area contributed by atoms with Crippen molar-refractivity contribution in [1.29, 1.82) is 0 Å². The molecule has 1 atom stereocenters. The van der Waals surface area contributed by atoms with Crippen LogP contribution in [0.4, 0.5) is 0 Å². The summed E-state index contributed by atoms with van der Waals surface area (Å²) in [5.74, 6) is 0. The predicted molar refractivity (Wildman–Crippen MR) is 212 cm³/mol. The zero-order chi connectivity index (χ0) is 31.1. The third kappa shape index (κ3) is 4.57. The van der Waals surface area contributed by atoms with Crippen LogP contribution in [0.1, 0.15) is 36.4 Å². The second kappa shape index (κ2) is 12.1. The molecule has 0 fully saturated rings. The predicted octanol–water partition coefficient (Wildman–Crippen LogP) is 11.3. The van der Waals surface area contributed by atoms with Gasteiger partial charge in [0.25, 0.3) is 0 Å². The van der Waals surface area contributed by atoms with Gasteiger partial charge in [0.15, 0.2) is 0 Å². The van der Waals surface area contributed by atoms with Crippen LogP contribution in [0, 0.1) is 0 Å². The smallest absolute Gasteiger partial charge is 0.147 e. The van der Waals surface area contributed by atoms with Crippen molar-refractivity contribution in [3.05, 3.63) is 179 Å². The molecule has 0 radical (unpaired) electrons. The zero-order valence-corrected chi connectivity index (χ0v) is 32.7. The van der Waals surface area contributed by atoms with E-state index in [1.54, 1.807) is 3.27 Å². The molecule has 9 rings (SSSR count). The van der Waals surface area contributed by atoms with Gasteiger partial charge in [-0.2, -0.15) is 0 Å². The summed E-state index contributed by atoms with van der Waals surface area (Å²) in [5, 5.41) is 5.26. The summed E-state index contributed by atoms with van der Waals surface area (Å²) in [7, 11) is 0. The van der Waals surface area contributed by atoms with Crippen molar-refractivity contribution in [3.63, 3.8) is 0 Å². The normalized spacial score (nSPS) is 15.2. The van der Waals surface area contributed by atoms with Gasteiger partial charge in [-0.1, -0.05) is 0 Å². The van der Waals surface area contributed by atoms with Crippen LogP contribution in [-0.2, 0) is 17.4 Å². The molecule has 7 aromatic rings. The third-order valence-corrected chi connectivity index (χ3v) is 34.8. The minimum atomic E-state index is -4.17. The average molecular weight is 757 g/mol. The molecule has 1 unspecified atom stereocenters. The van der Waals surface area contributed by atoms with Gasteiger partial charge in [0.05, 0.1) is 0 Å². The molecular formula is C44H38Cl2SiZr. The largest absolute Gasteiger partial charge is 0.147 e. The standard InChI is InChI=1S/C24H17.C13H9.C6H5.CH3.2ClH.H2Si.Zr/c1-16-13-17-8-6-12-22(23(17)14-16)24-15-18-7-2-3-9-19(18)20-10-4-5-11-21(20)24;1-3-7-12-10(5-1)9-11-6-2-4-8-13(11)12;1-2-4-6-5-3-1;;;;;/h2-15H,1H3;1-9H;1-5H;1H3;2*1H;1H2;. The molecule has 7 aromatic carbocycles.